The topological polar surface area (TPSA) is 93.5 Å². The molecular formula is C14H17N3O4. The van der Waals surface area contributed by atoms with Crippen molar-refractivity contribution in [2.45, 2.75) is 25.2 Å². The van der Waals surface area contributed by atoms with Gasteiger partial charge in [-0.1, -0.05) is 12.2 Å². The van der Waals surface area contributed by atoms with Crippen LogP contribution in [0.25, 0.3) is 0 Å². The molecule has 2 N–H and O–H groups in total. The molecule has 1 aromatic rings. The monoisotopic (exact) mass is 291 g/mol. The van der Waals surface area contributed by atoms with Crippen molar-refractivity contribution in [3.63, 3.8) is 0 Å². The van der Waals surface area contributed by atoms with Crippen LogP contribution in [0.4, 0.5) is 0 Å². The van der Waals surface area contributed by atoms with Crippen LogP contribution < -0.4 is 5.32 Å². The molecule has 21 heavy (non-hydrogen) atoms. The van der Waals surface area contributed by atoms with E-state index >= 15 is 0 Å². The smallest absolute Gasteiger partial charge is 0.310 e. The van der Waals surface area contributed by atoms with Crippen molar-refractivity contribution in [3.8, 4) is 0 Å². The van der Waals surface area contributed by atoms with Crippen molar-refractivity contribution in [2.75, 3.05) is 6.54 Å². The lowest BCUT2D eigenvalue weighted by atomic mass is 9.82. The highest BCUT2D eigenvalue weighted by molar-refractivity contribution is 5.87. The summed E-state index contributed by atoms with van der Waals surface area (Å²) in [6.07, 6.45) is 8.66. The van der Waals surface area contributed by atoms with Crippen molar-refractivity contribution >= 4 is 11.9 Å². The summed E-state index contributed by atoms with van der Waals surface area (Å²) < 4.78 is 7.41. The second-order valence-corrected chi connectivity index (χ2v) is 5.29. The van der Waals surface area contributed by atoms with Gasteiger partial charge in [0, 0.05) is 25.5 Å². The van der Waals surface area contributed by atoms with Gasteiger partial charge in [-0.3, -0.25) is 9.59 Å². The molecule has 7 heteroatoms. The minimum atomic E-state index is -0.981. The Bertz CT molecular complexity index is 555. The van der Waals surface area contributed by atoms with Crippen LogP contribution in [-0.2, 0) is 20.9 Å². The Morgan fingerprint density at radius 3 is 2.71 bits per heavy atom. The third kappa shape index (κ3) is 2.69. The third-order valence-electron chi connectivity index (χ3n) is 3.94. The first-order chi connectivity index (χ1) is 10.2. The lowest BCUT2D eigenvalue weighted by Crippen LogP contribution is -2.42. The predicted molar refractivity (Wildman–Crippen MR) is 72.3 cm³/mol. The number of carbonyl (C=O) groups excluding carboxylic acids is 1. The molecule has 0 saturated carbocycles. The number of imidazole rings is 1. The van der Waals surface area contributed by atoms with E-state index in [0.717, 1.165) is 13.0 Å². The van der Waals surface area contributed by atoms with Gasteiger partial charge in [-0.05, 0) is 6.42 Å². The maximum atomic E-state index is 12.2. The molecule has 7 nitrogen and oxygen atoms in total. The Hall–Kier alpha value is -2.15. The number of nitrogens with one attached hydrogen (secondary N) is 1. The van der Waals surface area contributed by atoms with Crippen LogP contribution in [0.2, 0.25) is 0 Å². The Morgan fingerprint density at radius 1 is 1.29 bits per heavy atom. The number of carbonyl (C=O) groups is 2. The van der Waals surface area contributed by atoms with Gasteiger partial charge >= 0.3 is 5.97 Å². The molecule has 2 bridgehead atoms. The normalized spacial score (nSPS) is 29.7. The van der Waals surface area contributed by atoms with Gasteiger partial charge in [-0.15, -0.1) is 0 Å². The van der Waals surface area contributed by atoms with E-state index in [4.69, 9.17) is 4.74 Å². The Morgan fingerprint density at radius 2 is 2.05 bits per heavy atom. The number of ether oxygens (including phenoxy) is 1. The molecule has 1 fully saturated rings. The van der Waals surface area contributed by atoms with E-state index in [1.54, 1.807) is 24.7 Å². The molecule has 3 heterocycles. The van der Waals surface area contributed by atoms with Crippen molar-refractivity contribution < 1.29 is 19.4 Å². The van der Waals surface area contributed by atoms with Crippen molar-refractivity contribution in [2.24, 2.45) is 11.8 Å². The summed E-state index contributed by atoms with van der Waals surface area (Å²) in [4.78, 5) is 27.4. The summed E-state index contributed by atoms with van der Waals surface area (Å²) in [6, 6.07) is 0. The highest BCUT2D eigenvalue weighted by Gasteiger charge is 2.53. The Kier molecular flexibility index (Phi) is 3.74. The van der Waals surface area contributed by atoms with E-state index in [1.807, 2.05) is 10.8 Å². The molecule has 0 spiro atoms. The summed E-state index contributed by atoms with van der Waals surface area (Å²) in [5.74, 6) is -2.64. The van der Waals surface area contributed by atoms with E-state index in [9.17, 15) is 14.7 Å². The number of hydrogen-bond acceptors (Lipinski definition) is 4. The van der Waals surface area contributed by atoms with Gasteiger partial charge in [0.25, 0.3) is 0 Å². The molecule has 0 aliphatic carbocycles. The maximum absolute atomic E-state index is 12.2. The third-order valence-corrected chi connectivity index (χ3v) is 3.94. The van der Waals surface area contributed by atoms with Gasteiger partial charge in [-0.25, -0.2) is 4.98 Å². The zero-order chi connectivity index (χ0) is 14.8. The van der Waals surface area contributed by atoms with E-state index in [2.05, 4.69) is 10.3 Å². The standard InChI is InChI=1S/C14H17N3O4/c18-13(16-4-1-6-17-7-5-15-8-17)11-9-2-3-10(21-9)12(11)14(19)20/h2-3,5,7-12H,1,4,6H2,(H,16,18)(H,19,20). The van der Waals surface area contributed by atoms with Crippen LogP contribution in [-0.4, -0.2) is 45.3 Å². The zero-order valence-electron chi connectivity index (χ0n) is 11.4. The molecule has 2 aliphatic heterocycles. The van der Waals surface area contributed by atoms with Crippen molar-refractivity contribution in [1.29, 1.82) is 0 Å². The number of hydrogen-bond donors (Lipinski definition) is 2. The number of aromatic nitrogens is 2. The molecule has 3 rings (SSSR count). The Balaban J connectivity index is 1.51. The van der Waals surface area contributed by atoms with Crippen LogP contribution in [0.5, 0.6) is 0 Å². The minimum absolute atomic E-state index is 0.245. The second-order valence-electron chi connectivity index (χ2n) is 5.29. The van der Waals surface area contributed by atoms with E-state index in [-0.39, 0.29) is 5.91 Å². The molecule has 112 valence electrons. The summed E-state index contributed by atoms with van der Waals surface area (Å²) in [6.45, 7) is 1.26. The molecule has 1 amide bonds. The van der Waals surface area contributed by atoms with Gasteiger partial charge in [0.1, 0.15) is 5.92 Å². The lowest BCUT2D eigenvalue weighted by molar-refractivity contribution is -0.146. The largest absolute Gasteiger partial charge is 0.481 e. The Labute approximate surface area is 121 Å². The van der Waals surface area contributed by atoms with E-state index in [0.29, 0.717) is 6.54 Å². The molecule has 0 radical (unpaired) electrons. The van der Waals surface area contributed by atoms with E-state index in [1.165, 1.54) is 0 Å². The zero-order valence-corrected chi connectivity index (χ0v) is 11.4. The summed E-state index contributed by atoms with van der Waals surface area (Å²) >= 11 is 0. The van der Waals surface area contributed by atoms with Crippen LogP contribution in [0.1, 0.15) is 6.42 Å². The average molecular weight is 291 g/mol. The minimum Gasteiger partial charge on any atom is -0.481 e. The van der Waals surface area contributed by atoms with Gasteiger partial charge < -0.3 is 19.7 Å². The molecular weight excluding hydrogens is 274 g/mol. The first-order valence-electron chi connectivity index (χ1n) is 6.97. The number of nitrogens with zero attached hydrogens (tertiary/aromatic N) is 2. The quantitative estimate of drug-likeness (QED) is 0.570. The van der Waals surface area contributed by atoms with Crippen LogP contribution in [0.3, 0.4) is 0 Å². The van der Waals surface area contributed by atoms with E-state index < -0.39 is 30.0 Å². The molecule has 1 saturated heterocycles. The fraction of sp³-hybridized carbons (Fsp3) is 0.500. The summed E-state index contributed by atoms with van der Waals surface area (Å²) in [7, 11) is 0. The summed E-state index contributed by atoms with van der Waals surface area (Å²) in [5.41, 5.74) is 0. The summed E-state index contributed by atoms with van der Waals surface area (Å²) in [5, 5.41) is 12.1. The fourth-order valence-electron chi connectivity index (χ4n) is 2.93. The first kappa shape index (κ1) is 13.8. The molecule has 2 aliphatic rings. The van der Waals surface area contributed by atoms with Gasteiger partial charge in [0.05, 0.1) is 24.5 Å². The molecule has 0 aromatic carbocycles. The molecule has 4 atom stereocenters. The average Bonchev–Trinajstić information content (AvgIpc) is 3.18. The number of carboxylic acid groups (broad SMARTS) is 1. The van der Waals surface area contributed by atoms with Crippen molar-refractivity contribution in [3.05, 3.63) is 30.9 Å². The van der Waals surface area contributed by atoms with Crippen LogP contribution >= 0.6 is 0 Å². The number of amides is 1. The number of aliphatic carboxylic acids is 1. The maximum Gasteiger partial charge on any atom is 0.310 e. The predicted octanol–water partition coefficient (Wildman–Crippen LogP) is 0.0436. The number of aryl methyl sites for hydroxylation is 1. The number of carboxylic acids is 1. The van der Waals surface area contributed by atoms with Crippen molar-refractivity contribution in [1.82, 2.24) is 14.9 Å². The fourth-order valence-corrected chi connectivity index (χ4v) is 2.93. The highest BCUT2D eigenvalue weighted by Crippen LogP contribution is 2.39. The second kappa shape index (κ2) is 5.69. The van der Waals surface area contributed by atoms with Crippen LogP contribution in [0.15, 0.2) is 30.9 Å². The van der Waals surface area contributed by atoms with Gasteiger partial charge in [0.15, 0.2) is 0 Å². The van der Waals surface area contributed by atoms with Crippen LogP contribution in [0, 0.1) is 11.8 Å². The first-order valence-corrected chi connectivity index (χ1v) is 6.97. The number of rotatable bonds is 6. The SMILES string of the molecule is O=C(O)C1C2C=CC(O2)C1C(=O)NCCCn1ccnc1. The molecule has 1 aromatic heterocycles. The number of fused-ring (bicyclic) bond motifs is 2. The molecule has 4 unspecified atom stereocenters. The lowest BCUT2D eigenvalue weighted by Gasteiger charge is -2.20. The highest BCUT2D eigenvalue weighted by atomic mass is 16.5. The van der Waals surface area contributed by atoms with Gasteiger partial charge in [0.2, 0.25) is 5.91 Å². The van der Waals surface area contributed by atoms with Gasteiger partial charge in [-0.2, -0.15) is 0 Å².